The van der Waals surface area contributed by atoms with Gasteiger partial charge in [-0.15, -0.1) is 32.9 Å². The molecule has 2 aliphatic rings. The standard InChI is InChI=1S/C23H26N4O4S3/c1-13-9-14(11-32-13)20-25-26-23(27(20)10-15-5-4-8-31-15)33-12-18(28)24-21-19(22(29)30-2)16-6-3-7-17(16)34-21/h9,11,15H,3-8,10,12H2,1-2H3,(H,24,28). The fraction of sp³-hybridized carbons (Fsp3) is 0.478. The van der Waals surface area contributed by atoms with Crippen LogP contribution in [0.4, 0.5) is 5.00 Å². The second kappa shape index (κ2) is 10.2. The predicted octanol–water partition coefficient (Wildman–Crippen LogP) is 4.56. The number of anilines is 1. The van der Waals surface area contributed by atoms with Crippen molar-refractivity contribution in [1.82, 2.24) is 14.8 Å². The van der Waals surface area contributed by atoms with Gasteiger partial charge in [0.05, 0.1) is 31.1 Å². The Labute approximate surface area is 210 Å². The van der Waals surface area contributed by atoms with Crippen molar-refractivity contribution in [2.45, 2.75) is 56.8 Å². The number of ether oxygens (including phenoxy) is 2. The van der Waals surface area contributed by atoms with Crippen LogP contribution in [0.2, 0.25) is 0 Å². The monoisotopic (exact) mass is 518 g/mol. The first-order valence-corrected chi connectivity index (χ1v) is 14.0. The summed E-state index contributed by atoms with van der Waals surface area (Å²) < 4.78 is 12.9. The van der Waals surface area contributed by atoms with E-state index < -0.39 is 5.97 Å². The van der Waals surface area contributed by atoms with Crippen LogP contribution in [0.5, 0.6) is 0 Å². The number of fused-ring (bicyclic) bond motifs is 1. The molecule has 0 spiro atoms. The lowest BCUT2D eigenvalue weighted by atomic mass is 10.1. The van der Waals surface area contributed by atoms with Crippen LogP contribution in [0.25, 0.3) is 11.4 Å². The van der Waals surface area contributed by atoms with Crippen LogP contribution in [0.3, 0.4) is 0 Å². The molecule has 1 fully saturated rings. The zero-order valence-corrected chi connectivity index (χ0v) is 21.5. The summed E-state index contributed by atoms with van der Waals surface area (Å²) in [6.45, 7) is 3.50. The normalized spacial score (nSPS) is 17.2. The lowest BCUT2D eigenvalue weighted by Gasteiger charge is -2.14. The number of carbonyl (C=O) groups excluding carboxylic acids is 2. The van der Waals surface area contributed by atoms with E-state index in [0.717, 1.165) is 60.5 Å². The average Bonchev–Trinajstić information content (AvgIpc) is 3.62. The minimum absolute atomic E-state index is 0.124. The largest absolute Gasteiger partial charge is 0.465 e. The van der Waals surface area contributed by atoms with E-state index in [-0.39, 0.29) is 17.8 Å². The summed E-state index contributed by atoms with van der Waals surface area (Å²) in [6.07, 6.45) is 4.99. The van der Waals surface area contributed by atoms with Crippen LogP contribution in [-0.4, -0.2) is 52.2 Å². The molecule has 1 atom stereocenters. The van der Waals surface area contributed by atoms with Gasteiger partial charge in [-0.3, -0.25) is 9.36 Å². The van der Waals surface area contributed by atoms with Gasteiger partial charge in [0, 0.05) is 27.3 Å². The lowest BCUT2D eigenvalue weighted by Crippen LogP contribution is -2.18. The summed E-state index contributed by atoms with van der Waals surface area (Å²) in [6, 6.07) is 2.10. The number of rotatable bonds is 8. The zero-order chi connectivity index (χ0) is 23.7. The highest BCUT2D eigenvalue weighted by atomic mass is 32.2. The van der Waals surface area contributed by atoms with Gasteiger partial charge in [0.25, 0.3) is 0 Å². The van der Waals surface area contributed by atoms with Crippen molar-refractivity contribution in [3.8, 4) is 11.4 Å². The highest BCUT2D eigenvalue weighted by Crippen LogP contribution is 2.39. The maximum absolute atomic E-state index is 12.9. The van der Waals surface area contributed by atoms with Gasteiger partial charge in [0.1, 0.15) is 5.00 Å². The third-order valence-electron chi connectivity index (χ3n) is 6.01. The number of carbonyl (C=O) groups is 2. The number of hydrogen-bond acceptors (Lipinski definition) is 9. The van der Waals surface area contributed by atoms with Crippen LogP contribution in [0.1, 0.15) is 44.9 Å². The van der Waals surface area contributed by atoms with Crippen LogP contribution in [0, 0.1) is 6.92 Å². The number of amides is 1. The molecule has 1 aliphatic carbocycles. The lowest BCUT2D eigenvalue weighted by molar-refractivity contribution is -0.113. The summed E-state index contributed by atoms with van der Waals surface area (Å²) in [4.78, 5) is 27.6. The minimum Gasteiger partial charge on any atom is -0.465 e. The Bertz CT molecular complexity index is 1210. The molecule has 8 nitrogen and oxygen atoms in total. The Morgan fingerprint density at radius 2 is 2.21 bits per heavy atom. The van der Waals surface area contributed by atoms with E-state index in [1.54, 1.807) is 11.3 Å². The molecular weight excluding hydrogens is 492 g/mol. The molecular formula is C23H26N4O4S3. The maximum atomic E-state index is 12.9. The maximum Gasteiger partial charge on any atom is 0.341 e. The van der Waals surface area contributed by atoms with Crippen molar-refractivity contribution in [2.75, 3.05) is 24.8 Å². The van der Waals surface area contributed by atoms with Crippen molar-refractivity contribution in [3.63, 3.8) is 0 Å². The number of aromatic nitrogens is 3. The van der Waals surface area contributed by atoms with E-state index in [0.29, 0.717) is 22.3 Å². The Morgan fingerprint density at radius 3 is 2.94 bits per heavy atom. The summed E-state index contributed by atoms with van der Waals surface area (Å²) in [5, 5.41) is 15.1. The average molecular weight is 519 g/mol. The van der Waals surface area contributed by atoms with Gasteiger partial charge < -0.3 is 14.8 Å². The Balaban J connectivity index is 1.32. The van der Waals surface area contributed by atoms with Crippen molar-refractivity contribution in [2.24, 2.45) is 0 Å². The molecule has 1 amide bonds. The van der Waals surface area contributed by atoms with Crippen LogP contribution in [0.15, 0.2) is 16.6 Å². The number of nitrogens with zero attached hydrogens (tertiary/aromatic N) is 3. The first kappa shape index (κ1) is 23.5. The highest BCUT2D eigenvalue weighted by Gasteiger charge is 2.28. The summed E-state index contributed by atoms with van der Waals surface area (Å²) in [5.74, 6) is 0.379. The highest BCUT2D eigenvalue weighted by molar-refractivity contribution is 7.99. The number of aryl methyl sites for hydroxylation is 2. The van der Waals surface area contributed by atoms with Gasteiger partial charge in [-0.25, -0.2) is 4.79 Å². The van der Waals surface area contributed by atoms with Gasteiger partial charge >= 0.3 is 5.97 Å². The van der Waals surface area contributed by atoms with Crippen molar-refractivity contribution < 1.29 is 19.1 Å². The van der Waals surface area contributed by atoms with E-state index in [1.165, 1.54) is 35.1 Å². The molecule has 0 aromatic carbocycles. The molecule has 5 rings (SSSR count). The zero-order valence-electron chi connectivity index (χ0n) is 19.1. The SMILES string of the molecule is COC(=O)c1c(NC(=O)CSc2nnc(-c3csc(C)c3)n2CC2CCCO2)sc2c1CCC2. The molecule has 180 valence electrons. The van der Waals surface area contributed by atoms with E-state index in [2.05, 4.69) is 38.5 Å². The Kier molecular flexibility index (Phi) is 7.05. The summed E-state index contributed by atoms with van der Waals surface area (Å²) in [7, 11) is 1.37. The fourth-order valence-corrected chi connectivity index (χ4v) is 7.15. The molecule has 11 heteroatoms. The first-order valence-electron chi connectivity index (χ1n) is 11.3. The molecule has 0 bridgehead atoms. The molecule has 3 aromatic rings. The fourth-order valence-electron chi connectivity index (χ4n) is 4.43. The number of thioether (sulfide) groups is 1. The van der Waals surface area contributed by atoms with Gasteiger partial charge in [-0.1, -0.05) is 11.8 Å². The minimum atomic E-state index is -0.394. The summed E-state index contributed by atoms with van der Waals surface area (Å²) in [5.41, 5.74) is 2.56. The number of nitrogens with one attached hydrogen (secondary N) is 1. The summed E-state index contributed by atoms with van der Waals surface area (Å²) >= 11 is 4.50. The molecule has 4 heterocycles. The molecule has 0 saturated carbocycles. The van der Waals surface area contributed by atoms with E-state index in [9.17, 15) is 9.59 Å². The Hall–Kier alpha value is -2.21. The number of methoxy groups -OCH3 is 1. The van der Waals surface area contributed by atoms with Gasteiger partial charge in [0.2, 0.25) is 5.91 Å². The number of thiophene rings is 2. The molecule has 0 radical (unpaired) electrons. The van der Waals surface area contributed by atoms with E-state index >= 15 is 0 Å². The van der Waals surface area contributed by atoms with E-state index in [4.69, 9.17) is 9.47 Å². The smallest absolute Gasteiger partial charge is 0.341 e. The molecule has 1 aliphatic heterocycles. The van der Waals surface area contributed by atoms with Crippen molar-refractivity contribution >= 4 is 51.3 Å². The van der Waals surface area contributed by atoms with Crippen LogP contribution < -0.4 is 5.32 Å². The van der Waals surface area contributed by atoms with Crippen LogP contribution >= 0.6 is 34.4 Å². The van der Waals surface area contributed by atoms with Gasteiger partial charge in [-0.05, 0) is 50.7 Å². The third-order valence-corrected chi connectivity index (χ3v) is 9.05. The number of hydrogen-bond donors (Lipinski definition) is 1. The second-order valence-electron chi connectivity index (χ2n) is 8.39. The van der Waals surface area contributed by atoms with Gasteiger partial charge in [0.15, 0.2) is 11.0 Å². The molecule has 3 aromatic heterocycles. The molecule has 34 heavy (non-hydrogen) atoms. The number of esters is 1. The van der Waals surface area contributed by atoms with Gasteiger partial charge in [-0.2, -0.15) is 0 Å². The third kappa shape index (κ3) is 4.79. The molecule has 1 N–H and O–H groups in total. The van der Waals surface area contributed by atoms with Crippen molar-refractivity contribution in [3.05, 3.63) is 32.3 Å². The van der Waals surface area contributed by atoms with Crippen LogP contribution in [-0.2, 0) is 33.7 Å². The Morgan fingerprint density at radius 1 is 1.32 bits per heavy atom. The quantitative estimate of drug-likeness (QED) is 0.345. The van der Waals surface area contributed by atoms with Crippen molar-refractivity contribution in [1.29, 1.82) is 0 Å². The van der Waals surface area contributed by atoms with E-state index in [1.807, 2.05) is 0 Å². The predicted molar refractivity (Wildman–Crippen MR) is 134 cm³/mol. The second-order valence-corrected chi connectivity index (χ2v) is 11.6. The first-order chi connectivity index (χ1) is 16.5. The molecule has 1 unspecified atom stereocenters. The molecule has 1 saturated heterocycles. The topological polar surface area (TPSA) is 95.3 Å².